The van der Waals surface area contributed by atoms with Crippen molar-refractivity contribution in [1.82, 2.24) is 15.1 Å². The SMILES string of the molecule is O=C(COC(=O)c1cn(Cc2ccccc2)nc1-c1ccccc1)NC1CCCC1. The van der Waals surface area contributed by atoms with Gasteiger partial charge in [-0.2, -0.15) is 5.10 Å². The fourth-order valence-electron chi connectivity index (χ4n) is 3.78. The van der Waals surface area contributed by atoms with E-state index in [4.69, 9.17) is 4.74 Å². The van der Waals surface area contributed by atoms with Gasteiger partial charge in [0.25, 0.3) is 5.91 Å². The molecule has 154 valence electrons. The molecule has 1 amide bonds. The Hall–Kier alpha value is -3.41. The topological polar surface area (TPSA) is 73.2 Å². The van der Waals surface area contributed by atoms with E-state index < -0.39 is 5.97 Å². The van der Waals surface area contributed by atoms with Crippen molar-refractivity contribution in [2.24, 2.45) is 0 Å². The van der Waals surface area contributed by atoms with Gasteiger partial charge >= 0.3 is 5.97 Å². The Morgan fingerprint density at radius 3 is 2.37 bits per heavy atom. The lowest BCUT2D eigenvalue weighted by Gasteiger charge is -2.11. The number of nitrogens with zero attached hydrogens (tertiary/aromatic N) is 2. The Morgan fingerprint density at radius 2 is 1.67 bits per heavy atom. The van der Waals surface area contributed by atoms with Crippen LogP contribution in [0.15, 0.2) is 66.9 Å². The van der Waals surface area contributed by atoms with Crippen LogP contribution in [-0.4, -0.2) is 34.3 Å². The standard InChI is InChI=1S/C24H25N3O3/c28-22(25-20-13-7-8-14-20)17-30-24(29)21-16-27(15-18-9-3-1-4-10-18)26-23(21)19-11-5-2-6-12-19/h1-6,9-12,16,20H,7-8,13-15,17H2,(H,25,28). The summed E-state index contributed by atoms with van der Waals surface area (Å²) < 4.78 is 7.05. The molecule has 0 radical (unpaired) electrons. The molecule has 2 aromatic carbocycles. The van der Waals surface area contributed by atoms with Crippen molar-refractivity contribution >= 4 is 11.9 Å². The van der Waals surface area contributed by atoms with Crippen LogP contribution in [0.25, 0.3) is 11.3 Å². The molecule has 0 aliphatic heterocycles. The quantitative estimate of drug-likeness (QED) is 0.609. The fraction of sp³-hybridized carbons (Fsp3) is 0.292. The zero-order chi connectivity index (χ0) is 20.8. The number of hydrogen-bond donors (Lipinski definition) is 1. The summed E-state index contributed by atoms with van der Waals surface area (Å²) in [7, 11) is 0. The van der Waals surface area contributed by atoms with Crippen LogP contribution in [0.3, 0.4) is 0 Å². The van der Waals surface area contributed by atoms with Gasteiger partial charge in [-0.25, -0.2) is 4.79 Å². The summed E-state index contributed by atoms with van der Waals surface area (Å²) in [5.74, 6) is -0.803. The first-order valence-corrected chi connectivity index (χ1v) is 10.3. The molecule has 6 nitrogen and oxygen atoms in total. The van der Waals surface area contributed by atoms with Crippen molar-refractivity contribution in [2.75, 3.05) is 6.61 Å². The van der Waals surface area contributed by atoms with E-state index in [1.165, 1.54) is 0 Å². The smallest absolute Gasteiger partial charge is 0.342 e. The van der Waals surface area contributed by atoms with Gasteiger partial charge in [-0.05, 0) is 18.4 Å². The molecule has 1 fully saturated rings. The lowest BCUT2D eigenvalue weighted by molar-refractivity contribution is -0.124. The molecule has 1 saturated carbocycles. The second-order valence-electron chi connectivity index (χ2n) is 7.57. The van der Waals surface area contributed by atoms with E-state index in [0.717, 1.165) is 36.8 Å². The molecule has 0 bridgehead atoms. The van der Waals surface area contributed by atoms with Gasteiger partial charge in [0.1, 0.15) is 11.3 Å². The summed E-state index contributed by atoms with van der Waals surface area (Å²) in [5.41, 5.74) is 2.81. The summed E-state index contributed by atoms with van der Waals surface area (Å²) in [6, 6.07) is 19.6. The normalized spacial score (nSPS) is 13.9. The minimum absolute atomic E-state index is 0.199. The molecular weight excluding hydrogens is 378 g/mol. The third kappa shape index (κ3) is 4.95. The van der Waals surface area contributed by atoms with E-state index in [0.29, 0.717) is 17.8 Å². The van der Waals surface area contributed by atoms with Gasteiger partial charge in [-0.3, -0.25) is 9.48 Å². The zero-order valence-electron chi connectivity index (χ0n) is 16.8. The second-order valence-corrected chi connectivity index (χ2v) is 7.57. The van der Waals surface area contributed by atoms with Gasteiger partial charge in [0, 0.05) is 17.8 Å². The van der Waals surface area contributed by atoms with E-state index in [1.807, 2.05) is 60.7 Å². The number of benzene rings is 2. The van der Waals surface area contributed by atoms with Crippen molar-refractivity contribution in [3.05, 3.63) is 78.0 Å². The van der Waals surface area contributed by atoms with E-state index in [1.54, 1.807) is 10.9 Å². The molecule has 6 heteroatoms. The molecule has 30 heavy (non-hydrogen) atoms. The van der Waals surface area contributed by atoms with Crippen LogP contribution in [0.1, 0.15) is 41.6 Å². The summed E-state index contributed by atoms with van der Waals surface area (Å²) >= 11 is 0. The minimum Gasteiger partial charge on any atom is -0.452 e. The number of aromatic nitrogens is 2. The third-order valence-corrected chi connectivity index (χ3v) is 5.27. The zero-order valence-corrected chi connectivity index (χ0v) is 16.8. The first kappa shape index (κ1) is 19.9. The van der Waals surface area contributed by atoms with E-state index in [9.17, 15) is 9.59 Å². The first-order valence-electron chi connectivity index (χ1n) is 10.3. The third-order valence-electron chi connectivity index (χ3n) is 5.27. The molecule has 1 N–H and O–H groups in total. The highest BCUT2D eigenvalue weighted by molar-refractivity contribution is 5.97. The van der Waals surface area contributed by atoms with Crippen LogP contribution in [0.4, 0.5) is 0 Å². The average molecular weight is 403 g/mol. The lowest BCUT2D eigenvalue weighted by atomic mass is 10.1. The Morgan fingerprint density at radius 1 is 1.00 bits per heavy atom. The largest absolute Gasteiger partial charge is 0.452 e. The molecule has 1 heterocycles. The maximum absolute atomic E-state index is 12.8. The molecule has 0 unspecified atom stereocenters. The van der Waals surface area contributed by atoms with Crippen LogP contribution in [0, 0.1) is 0 Å². The summed E-state index contributed by atoms with van der Waals surface area (Å²) in [4.78, 5) is 24.9. The minimum atomic E-state index is -0.547. The number of nitrogens with one attached hydrogen (secondary N) is 1. The average Bonchev–Trinajstić information content (AvgIpc) is 3.43. The monoisotopic (exact) mass is 403 g/mol. The molecule has 1 aliphatic rings. The highest BCUT2D eigenvalue weighted by Gasteiger charge is 2.22. The van der Waals surface area contributed by atoms with E-state index in [-0.39, 0.29) is 18.6 Å². The van der Waals surface area contributed by atoms with E-state index >= 15 is 0 Å². The maximum atomic E-state index is 12.8. The lowest BCUT2D eigenvalue weighted by Crippen LogP contribution is -2.35. The second kappa shape index (κ2) is 9.39. The number of amides is 1. The predicted molar refractivity (Wildman–Crippen MR) is 114 cm³/mol. The number of rotatable bonds is 7. The Bertz CT molecular complexity index is 993. The van der Waals surface area contributed by atoms with Crippen LogP contribution in [0.5, 0.6) is 0 Å². The number of esters is 1. The molecule has 3 aromatic rings. The summed E-state index contributed by atoms with van der Waals surface area (Å²) in [5, 5.41) is 7.56. The van der Waals surface area contributed by atoms with Crippen LogP contribution in [-0.2, 0) is 16.1 Å². The van der Waals surface area contributed by atoms with Crippen molar-refractivity contribution in [2.45, 2.75) is 38.3 Å². The molecular formula is C24H25N3O3. The van der Waals surface area contributed by atoms with Crippen molar-refractivity contribution in [1.29, 1.82) is 0 Å². The number of carbonyl (C=O) groups excluding carboxylic acids is 2. The van der Waals surface area contributed by atoms with Crippen molar-refractivity contribution in [3.8, 4) is 11.3 Å². The highest BCUT2D eigenvalue weighted by atomic mass is 16.5. The molecule has 0 atom stereocenters. The number of carbonyl (C=O) groups is 2. The van der Waals surface area contributed by atoms with E-state index in [2.05, 4.69) is 10.4 Å². The Labute approximate surface area is 175 Å². The molecule has 0 saturated heterocycles. The number of hydrogen-bond acceptors (Lipinski definition) is 4. The van der Waals surface area contributed by atoms with Crippen molar-refractivity contribution in [3.63, 3.8) is 0 Å². The molecule has 1 aromatic heterocycles. The molecule has 1 aliphatic carbocycles. The van der Waals surface area contributed by atoms with Gasteiger partial charge in [-0.1, -0.05) is 73.5 Å². The fourth-order valence-corrected chi connectivity index (χ4v) is 3.78. The Balaban J connectivity index is 1.49. The highest BCUT2D eigenvalue weighted by Crippen LogP contribution is 2.23. The van der Waals surface area contributed by atoms with Gasteiger partial charge in [0.2, 0.25) is 0 Å². The van der Waals surface area contributed by atoms with Crippen LogP contribution in [0.2, 0.25) is 0 Å². The number of ether oxygens (including phenoxy) is 1. The van der Waals surface area contributed by atoms with Crippen LogP contribution >= 0.6 is 0 Å². The molecule has 0 spiro atoms. The first-order chi connectivity index (χ1) is 14.7. The van der Waals surface area contributed by atoms with Crippen molar-refractivity contribution < 1.29 is 14.3 Å². The Kier molecular flexibility index (Phi) is 6.23. The van der Waals surface area contributed by atoms with Gasteiger partial charge in [0.05, 0.1) is 6.54 Å². The predicted octanol–water partition coefficient (Wildman–Crippen LogP) is 3.81. The van der Waals surface area contributed by atoms with Gasteiger partial charge < -0.3 is 10.1 Å². The van der Waals surface area contributed by atoms with Gasteiger partial charge in [0.15, 0.2) is 6.61 Å². The maximum Gasteiger partial charge on any atom is 0.342 e. The summed E-state index contributed by atoms with van der Waals surface area (Å²) in [6.45, 7) is 0.254. The van der Waals surface area contributed by atoms with Gasteiger partial charge in [-0.15, -0.1) is 0 Å². The van der Waals surface area contributed by atoms with Crippen LogP contribution < -0.4 is 5.32 Å². The summed E-state index contributed by atoms with van der Waals surface area (Å²) in [6.07, 6.45) is 5.93. The molecule has 4 rings (SSSR count).